The first kappa shape index (κ1) is 14.7. The number of hydrogen-bond acceptors (Lipinski definition) is 2. The number of halogens is 1. The number of hydrogen-bond donors (Lipinski definition) is 2. The van der Waals surface area contributed by atoms with Crippen LogP contribution in [0.15, 0.2) is 16.6 Å². The number of carbonyl (C=O) groups excluding carboxylic acids is 1. The molecule has 0 spiro atoms. The van der Waals surface area contributed by atoms with E-state index in [1.165, 1.54) is 13.8 Å². The molecule has 0 saturated carbocycles. The zero-order chi connectivity index (χ0) is 14.1. The van der Waals surface area contributed by atoms with Crippen molar-refractivity contribution in [1.82, 2.24) is 0 Å². The topological polar surface area (TPSA) is 66.4 Å². The van der Waals surface area contributed by atoms with E-state index in [-0.39, 0.29) is 0 Å². The second kappa shape index (κ2) is 5.10. The van der Waals surface area contributed by atoms with Gasteiger partial charge in [-0.2, -0.15) is 0 Å². The van der Waals surface area contributed by atoms with Crippen LogP contribution in [0.3, 0.4) is 0 Å². The molecule has 98 valence electrons. The molecule has 0 saturated heterocycles. The highest BCUT2D eigenvalue weighted by Crippen LogP contribution is 2.27. The van der Waals surface area contributed by atoms with E-state index in [4.69, 9.17) is 5.11 Å². The summed E-state index contributed by atoms with van der Waals surface area (Å²) in [5.74, 6) is -1.67. The normalized spacial score (nSPS) is 11.2. The van der Waals surface area contributed by atoms with Gasteiger partial charge in [-0.3, -0.25) is 9.59 Å². The van der Waals surface area contributed by atoms with Crippen LogP contribution in [0.25, 0.3) is 0 Å². The maximum atomic E-state index is 12.0. The predicted octanol–water partition coefficient (Wildman–Crippen LogP) is 3.12. The van der Waals surface area contributed by atoms with E-state index < -0.39 is 17.3 Å². The van der Waals surface area contributed by atoms with Gasteiger partial charge in [0.25, 0.3) is 0 Å². The van der Waals surface area contributed by atoms with Crippen LogP contribution < -0.4 is 5.32 Å². The van der Waals surface area contributed by atoms with E-state index in [0.717, 1.165) is 15.6 Å². The second-order valence-corrected chi connectivity index (χ2v) is 5.71. The monoisotopic (exact) mass is 313 g/mol. The molecule has 0 aliphatic carbocycles. The molecule has 18 heavy (non-hydrogen) atoms. The smallest absolute Gasteiger partial charge is 0.318 e. The molecule has 1 amide bonds. The highest BCUT2D eigenvalue weighted by molar-refractivity contribution is 9.10. The van der Waals surface area contributed by atoms with Crippen molar-refractivity contribution in [2.75, 3.05) is 5.32 Å². The van der Waals surface area contributed by atoms with Crippen molar-refractivity contribution in [3.8, 4) is 0 Å². The molecule has 0 aliphatic heterocycles. The molecule has 4 nitrogen and oxygen atoms in total. The summed E-state index contributed by atoms with van der Waals surface area (Å²) < 4.78 is 0.924. The molecule has 0 radical (unpaired) electrons. The van der Waals surface area contributed by atoms with Crippen molar-refractivity contribution in [2.45, 2.75) is 27.7 Å². The number of amides is 1. The summed E-state index contributed by atoms with van der Waals surface area (Å²) in [6.45, 7) is 6.49. The maximum Gasteiger partial charge on any atom is 0.318 e. The third-order valence-corrected chi connectivity index (χ3v) is 3.30. The first-order valence-electron chi connectivity index (χ1n) is 5.48. The number of carboxylic acid groups (broad SMARTS) is 1. The summed E-state index contributed by atoms with van der Waals surface area (Å²) >= 11 is 3.37. The summed E-state index contributed by atoms with van der Waals surface area (Å²) in [5.41, 5.74) is 0.983. The lowest BCUT2D eigenvalue weighted by atomic mass is 9.92. The van der Waals surface area contributed by atoms with Crippen LogP contribution in [-0.2, 0) is 9.59 Å². The standard InChI is InChI=1S/C13H16BrNO3/c1-7-5-9(14)6-8(2)10(7)15-11(16)13(3,4)12(17)18/h5-6H,1-4H3,(H,15,16)(H,17,18). The Morgan fingerprint density at radius 2 is 1.67 bits per heavy atom. The van der Waals surface area contributed by atoms with Crippen molar-refractivity contribution in [3.05, 3.63) is 27.7 Å². The first-order chi connectivity index (χ1) is 8.16. The molecule has 0 heterocycles. The van der Waals surface area contributed by atoms with Gasteiger partial charge in [0.2, 0.25) is 5.91 Å². The molecule has 1 rings (SSSR count). The van der Waals surface area contributed by atoms with E-state index in [9.17, 15) is 9.59 Å². The average molecular weight is 314 g/mol. The van der Waals surface area contributed by atoms with Crippen LogP contribution in [0.1, 0.15) is 25.0 Å². The molecule has 0 atom stereocenters. The SMILES string of the molecule is Cc1cc(Br)cc(C)c1NC(=O)C(C)(C)C(=O)O. The predicted molar refractivity (Wildman–Crippen MR) is 73.7 cm³/mol. The number of carboxylic acids is 1. The van der Waals surface area contributed by atoms with Crippen LogP contribution in [-0.4, -0.2) is 17.0 Å². The van der Waals surface area contributed by atoms with Gasteiger partial charge in [-0.15, -0.1) is 0 Å². The Morgan fingerprint density at radius 1 is 1.22 bits per heavy atom. The Hall–Kier alpha value is -1.36. The molecule has 5 heteroatoms. The molecule has 0 aliphatic rings. The summed E-state index contributed by atoms with van der Waals surface area (Å²) in [4.78, 5) is 23.0. The lowest BCUT2D eigenvalue weighted by Crippen LogP contribution is -2.38. The minimum absolute atomic E-state index is 0.525. The van der Waals surface area contributed by atoms with Gasteiger partial charge >= 0.3 is 5.97 Å². The Balaban J connectivity index is 3.07. The highest BCUT2D eigenvalue weighted by Gasteiger charge is 2.36. The fraction of sp³-hybridized carbons (Fsp3) is 0.385. The van der Waals surface area contributed by atoms with Gasteiger partial charge in [0.15, 0.2) is 0 Å². The summed E-state index contributed by atoms with van der Waals surface area (Å²) in [5, 5.41) is 11.7. The van der Waals surface area contributed by atoms with E-state index >= 15 is 0 Å². The third kappa shape index (κ3) is 2.90. The van der Waals surface area contributed by atoms with Crippen LogP contribution >= 0.6 is 15.9 Å². The molecule has 1 aromatic rings. The van der Waals surface area contributed by atoms with Crippen molar-refractivity contribution in [3.63, 3.8) is 0 Å². The van der Waals surface area contributed by atoms with Crippen molar-refractivity contribution >= 4 is 33.5 Å². The fourth-order valence-electron chi connectivity index (χ4n) is 1.47. The molecule has 1 aromatic carbocycles. The lowest BCUT2D eigenvalue weighted by molar-refractivity contribution is -0.151. The number of carbonyl (C=O) groups is 2. The zero-order valence-corrected chi connectivity index (χ0v) is 12.4. The van der Waals surface area contributed by atoms with E-state index in [0.29, 0.717) is 5.69 Å². The Bertz CT molecular complexity index is 486. The second-order valence-electron chi connectivity index (χ2n) is 4.80. The maximum absolute atomic E-state index is 12.0. The van der Waals surface area contributed by atoms with Crippen molar-refractivity contribution in [1.29, 1.82) is 0 Å². The zero-order valence-electron chi connectivity index (χ0n) is 10.8. The number of aryl methyl sites for hydroxylation is 2. The van der Waals surface area contributed by atoms with Gasteiger partial charge in [0.05, 0.1) is 0 Å². The fourth-order valence-corrected chi connectivity index (χ4v) is 2.16. The van der Waals surface area contributed by atoms with E-state index in [1.807, 2.05) is 26.0 Å². The molecule has 0 fully saturated rings. The lowest BCUT2D eigenvalue weighted by Gasteiger charge is -2.20. The van der Waals surface area contributed by atoms with Crippen LogP contribution in [0, 0.1) is 19.3 Å². The molecule has 2 N–H and O–H groups in total. The average Bonchev–Trinajstić information content (AvgIpc) is 2.22. The minimum Gasteiger partial charge on any atom is -0.480 e. The largest absolute Gasteiger partial charge is 0.480 e. The third-order valence-electron chi connectivity index (χ3n) is 2.84. The molecule has 0 unspecified atom stereocenters. The summed E-state index contributed by atoms with van der Waals surface area (Å²) in [6.07, 6.45) is 0. The van der Waals surface area contributed by atoms with E-state index in [1.54, 1.807) is 0 Å². The molecule has 0 bridgehead atoms. The summed E-state index contributed by atoms with van der Waals surface area (Å²) in [6, 6.07) is 3.74. The molecular formula is C13H16BrNO3. The van der Waals surface area contributed by atoms with E-state index in [2.05, 4.69) is 21.2 Å². The number of nitrogens with one attached hydrogen (secondary N) is 1. The first-order valence-corrected chi connectivity index (χ1v) is 6.27. The van der Waals surface area contributed by atoms with Crippen molar-refractivity contribution < 1.29 is 14.7 Å². The Morgan fingerprint density at radius 3 is 2.06 bits per heavy atom. The van der Waals surface area contributed by atoms with Crippen molar-refractivity contribution in [2.24, 2.45) is 5.41 Å². The Labute approximate surface area is 115 Å². The number of benzene rings is 1. The van der Waals surface area contributed by atoms with Gasteiger partial charge in [-0.05, 0) is 51.0 Å². The Kier molecular flexibility index (Phi) is 4.16. The van der Waals surface area contributed by atoms with Gasteiger partial charge < -0.3 is 10.4 Å². The van der Waals surface area contributed by atoms with Crippen LogP contribution in [0.2, 0.25) is 0 Å². The van der Waals surface area contributed by atoms with Gasteiger partial charge in [-0.1, -0.05) is 15.9 Å². The molecular weight excluding hydrogens is 298 g/mol. The molecule has 0 aromatic heterocycles. The summed E-state index contributed by atoms with van der Waals surface area (Å²) in [7, 11) is 0. The van der Waals surface area contributed by atoms with Crippen LogP contribution in [0.4, 0.5) is 5.69 Å². The quantitative estimate of drug-likeness (QED) is 0.843. The minimum atomic E-state index is -1.45. The number of aliphatic carboxylic acids is 1. The van der Waals surface area contributed by atoms with Gasteiger partial charge in [0.1, 0.15) is 5.41 Å². The van der Waals surface area contributed by atoms with Gasteiger partial charge in [0, 0.05) is 10.2 Å². The highest BCUT2D eigenvalue weighted by atomic mass is 79.9. The van der Waals surface area contributed by atoms with Gasteiger partial charge in [-0.25, -0.2) is 0 Å². The number of rotatable bonds is 3. The van der Waals surface area contributed by atoms with Crippen LogP contribution in [0.5, 0.6) is 0 Å². The number of anilines is 1.